The van der Waals surface area contributed by atoms with Gasteiger partial charge in [-0.15, -0.1) is 0 Å². The van der Waals surface area contributed by atoms with Crippen molar-refractivity contribution in [3.8, 4) is 5.75 Å². The molecule has 0 radical (unpaired) electrons. The van der Waals surface area contributed by atoms with Crippen molar-refractivity contribution in [1.82, 2.24) is 0 Å². The first kappa shape index (κ1) is 15.4. The molecular formula is C19H27NO2. The van der Waals surface area contributed by atoms with Crippen molar-refractivity contribution in [2.45, 2.75) is 52.0 Å². The van der Waals surface area contributed by atoms with Crippen LogP contribution < -0.4 is 10.1 Å². The molecule has 3 unspecified atom stereocenters. The van der Waals surface area contributed by atoms with Crippen LogP contribution in [0.15, 0.2) is 24.3 Å². The van der Waals surface area contributed by atoms with Gasteiger partial charge in [0.1, 0.15) is 11.5 Å². The molecule has 3 nitrogen and oxygen atoms in total. The molecule has 3 fully saturated rings. The van der Waals surface area contributed by atoms with E-state index in [-0.39, 0.29) is 17.4 Å². The molecule has 3 aliphatic carbocycles. The van der Waals surface area contributed by atoms with Gasteiger partial charge in [-0.2, -0.15) is 0 Å². The average Bonchev–Trinajstić information content (AvgIpc) is 2.56. The predicted octanol–water partition coefficient (Wildman–Crippen LogP) is 4.28. The lowest BCUT2D eigenvalue weighted by Gasteiger charge is -2.56. The fourth-order valence-electron chi connectivity index (χ4n) is 4.91. The van der Waals surface area contributed by atoms with Crippen molar-refractivity contribution in [2.24, 2.45) is 17.3 Å². The monoisotopic (exact) mass is 301 g/mol. The van der Waals surface area contributed by atoms with Gasteiger partial charge in [0.2, 0.25) is 0 Å². The highest BCUT2D eigenvalue weighted by Gasteiger charge is 2.55. The Kier molecular flexibility index (Phi) is 4.16. The fourth-order valence-corrected chi connectivity index (χ4v) is 4.91. The Bertz CT molecular complexity index is 533. The minimum Gasteiger partial charge on any atom is -0.497 e. The van der Waals surface area contributed by atoms with Gasteiger partial charge < -0.3 is 10.1 Å². The van der Waals surface area contributed by atoms with Crippen LogP contribution in [0.25, 0.3) is 0 Å². The van der Waals surface area contributed by atoms with E-state index < -0.39 is 0 Å². The molecule has 3 saturated carbocycles. The summed E-state index contributed by atoms with van der Waals surface area (Å²) in [6, 6.07) is 8.34. The van der Waals surface area contributed by atoms with Crippen molar-refractivity contribution in [2.75, 3.05) is 12.4 Å². The number of hydrogen-bond acceptors (Lipinski definition) is 3. The maximum atomic E-state index is 12.4. The normalized spacial score (nSPS) is 29.4. The Morgan fingerprint density at radius 2 is 1.86 bits per heavy atom. The van der Waals surface area contributed by atoms with E-state index in [0.717, 1.165) is 37.1 Å². The van der Waals surface area contributed by atoms with Crippen LogP contribution in [-0.4, -0.2) is 18.9 Å². The highest BCUT2D eigenvalue weighted by Crippen LogP contribution is 2.55. The number of carbonyl (C=O) groups is 1. The van der Waals surface area contributed by atoms with Gasteiger partial charge in [-0.05, 0) is 61.3 Å². The largest absolute Gasteiger partial charge is 0.497 e. The first-order valence-corrected chi connectivity index (χ1v) is 8.58. The molecule has 3 heteroatoms. The Morgan fingerprint density at radius 1 is 1.18 bits per heavy atom. The highest BCUT2D eigenvalue weighted by molar-refractivity contribution is 5.84. The summed E-state index contributed by atoms with van der Waals surface area (Å²) < 4.78 is 5.23. The van der Waals surface area contributed by atoms with Gasteiger partial charge in [-0.25, -0.2) is 0 Å². The summed E-state index contributed by atoms with van der Waals surface area (Å²) in [5.74, 6) is 2.08. The van der Waals surface area contributed by atoms with Gasteiger partial charge in [0.05, 0.1) is 7.11 Å². The lowest BCUT2D eigenvalue weighted by molar-refractivity contribution is -0.138. The summed E-state index contributed by atoms with van der Waals surface area (Å²) >= 11 is 0. The number of Topliss-reactive ketones (excluding diaryl/α,β-unsaturated/α-hetero) is 1. The van der Waals surface area contributed by atoms with Gasteiger partial charge in [0.15, 0.2) is 0 Å². The molecule has 1 aromatic carbocycles. The summed E-state index contributed by atoms with van der Waals surface area (Å²) in [5.41, 5.74) is 1.36. The van der Waals surface area contributed by atoms with Crippen LogP contribution in [-0.2, 0) is 4.79 Å². The number of fused-ring (bicyclic) bond motifs is 3. The van der Waals surface area contributed by atoms with Crippen LogP contribution in [0.4, 0.5) is 5.69 Å². The van der Waals surface area contributed by atoms with E-state index >= 15 is 0 Å². The SMILES string of the molecule is CCC1(CC)C2CCC(C(=O)C2)C1Nc1ccc(OC)cc1. The number of anilines is 1. The van der Waals surface area contributed by atoms with Crippen molar-refractivity contribution in [3.05, 3.63) is 24.3 Å². The number of ether oxygens (including phenoxy) is 1. The summed E-state index contributed by atoms with van der Waals surface area (Å²) in [6.45, 7) is 4.58. The molecule has 3 atom stereocenters. The van der Waals surface area contributed by atoms with E-state index in [1.807, 2.05) is 12.1 Å². The molecule has 0 aliphatic heterocycles. The molecule has 0 aromatic heterocycles. The van der Waals surface area contributed by atoms with E-state index in [0.29, 0.717) is 11.7 Å². The van der Waals surface area contributed by atoms with Crippen LogP contribution >= 0.6 is 0 Å². The van der Waals surface area contributed by atoms with Crippen LogP contribution in [0.3, 0.4) is 0 Å². The second kappa shape index (κ2) is 5.94. The van der Waals surface area contributed by atoms with E-state index in [4.69, 9.17) is 4.74 Å². The van der Waals surface area contributed by atoms with Crippen molar-refractivity contribution in [1.29, 1.82) is 0 Å². The summed E-state index contributed by atoms with van der Waals surface area (Å²) in [7, 11) is 1.68. The van der Waals surface area contributed by atoms with E-state index in [1.54, 1.807) is 7.11 Å². The molecular weight excluding hydrogens is 274 g/mol. The van der Waals surface area contributed by atoms with Gasteiger partial charge >= 0.3 is 0 Å². The first-order valence-electron chi connectivity index (χ1n) is 8.58. The number of benzene rings is 1. The lowest BCUT2D eigenvalue weighted by Crippen LogP contribution is -2.59. The second-order valence-corrected chi connectivity index (χ2v) is 6.84. The Morgan fingerprint density at radius 3 is 2.41 bits per heavy atom. The zero-order chi connectivity index (χ0) is 15.7. The van der Waals surface area contributed by atoms with Gasteiger partial charge in [-0.3, -0.25) is 4.79 Å². The molecule has 0 saturated heterocycles. The third-order valence-electron chi connectivity index (χ3n) is 6.25. The quantitative estimate of drug-likeness (QED) is 0.882. The van der Waals surface area contributed by atoms with Gasteiger partial charge in [0, 0.05) is 24.1 Å². The lowest BCUT2D eigenvalue weighted by atomic mass is 9.50. The topological polar surface area (TPSA) is 38.3 Å². The van der Waals surface area contributed by atoms with Crippen LogP contribution in [0.5, 0.6) is 5.75 Å². The number of carbonyl (C=O) groups excluding carboxylic acids is 1. The average molecular weight is 301 g/mol. The van der Waals surface area contributed by atoms with E-state index in [1.165, 1.54) is 6.42 Å². The number of hydrogen-bond donors (Lipinski definition) is 1. The molecule has 120 valence electrons. The molecule has 22 heavy (non-hydrogen) atoms. The first-order chi connectivity index (χ1) is 10.6. The Hall–Kier alpha value is -1.51. The van der Waals surface area contributed by atoms with E-state index in [9.17, 15) is 4.79 Å². The summed E-state index contributed by atoms with van der Waals surface area (Å²) in [6.07, 6.45) is 5.36. The third-order valence-corrected chi connectivity index (χ3v) is 6.25. The Balaban J connectivity index is 1.89. The molecule has 3 aliphatic rings. The van der Waals surface area contributed by atoms with E-state index in [2.05, 4.69) is 31.3 Å². The molecule has 0 amide bonds. The van der Waals surface area contributed by atoms with Crippen molar-refractivity contribution < 1.29 is 9.53 Å². The number of methoxy groups -OCH3 is 1. The molecule has 0 heterocycles. The molecule has 1 N–H and O–H groups in total. The summed E-state index contributed by atoms with van der Waals surface area (Å²) in [4.78, 5) is 12.4. The minimum absolute atomic E-state index is 0.187. The van der Waals surface area contributed by atoms with Crippen molar-refractivity contribution >= 4 is 11.5 Å². The maximum Gasteiger partial charge on any atom is 0.138 e. The zero-order valence-corrected chi connectivity index (χ0v) is 13.9. The zero-order valence-electron chi connectivity index (χ0n) is 13.9. The van der Waals surface area contributed by atoms with Crippen LogP contribution in [0, 0.1) is 17.3 Å². The predicted molar refractivity (Wildman–Crippen MR) is 89.3 cm³/mol. The molecule has 2 bridgehead atoms. The minimum atomic E-state index is 0.187. The Labute approximate surface area is 133 Å². The molecule has 0 spiro atoms. The standard InChI is InChI=1S/C19H27NO2/c1-4-19(5-2)13-6-11-16(17(21)12-13)18(19)20-14-7-9-15(22-3)10-8-14/h7-10,13,16,18,20H,4-6,11-12H2,1-3H3. The van der Waals surface area contributed by atoms with Crippen LogP contribution in [0.1, 0.15) is 46.0 Å². The third kappa shape index (κ3) is 2.31. The number of nitrogens with one attached hydrogen (secondary N) is 1. The van der Waals surface area contributed by atoms with Gasteiger partial charge in [-0.1, -0.05) is 13.8 Å². The second-order valence-electron chi connectivity index (χ2n) is 6.84. The highest BCUT2D eigenvalue weighted by atomic mass is 16.5. The molecule has 4 rings (SSSR count). The maximum absolute atomic E-state index is 12.4. The van der Waals surface area contributed by atoms with Crippen molar-refractivity contribution in [3.63, 3.8) is 0 Å². The fraction of sp³-hybridized carbons (Fsp3) is 0.632. The smallest absolute Gasteiger partial charge is 0.138 e. The summed E-state index contributed by atoms with van der Waals surface area (Å²) in [5, 5.41) is 3.71. The number of rotatable bonds is 5. The van der Waals surface area contributed by atoms with Gasteiger partial charge in [0.25, 0.3) is 0 Å². The van der Waals surface area contributed by atoms with Crippen LogP contribution in [0.2, 0.25) is 0 Å². The number of ketones is 1. The molecule has 1 aromatic rings.